The van der Waals surface area contributed by atoms with Gasteiger partial charge in [-0.05, 0) is 6.07 Å². The number of hydrogen-bond acceptors (Lipinski definition) is 5. The Hall–Kier alpha value is -1.51. The van der Waals surface area contributed by atoms with Crippen LogP contribution in [0.1, 0.15) is 5.69 Å². The second-order valence-corrected chi connectivity index (χ2v) is 5.68. The second-order valence-electron chi connectivity index (χ2n) is 3.19. The Labute approximate surface area is 101 Å². The van der Waals surface area contributed by atoms with E-state index in [-0.39, 0.29) is 17.0 Å². The standard InChI is InChI=1S/C9H9N3O3S2/c13-9-2-1-8(4-10-9)17(14,15)12-3-7-5-16-6-11-7/h1-2,4-6,12H,3H2,(H,10,13). The highest BCUT2D eigenvalue weighted by Crippen LogP contribution is 2.06. The third-order valence-electron chi connectivity index (χ3n) is 1.99. The lowest BCUT2D eigenvalue weighted by Crippen LogP contribution is -2.24. The van der Waals surface area contributed by atoms with E-state index in [2.05, 4.69) is 14.7 Å². The minimum absolute atomic E-state index is 0.0207. The minimum Gasteiger partial charge on any atom is -0.328 e. The number of sulfonamides is 1. The summed E-state index contributed by atoms with van der Waals surface area (Å²) >= 11 is 1.39. The predicted octanol–water partition coefficient (Wildman–Crippen LogP) is 0.310. The average molecular weight is 271 g/mol. The number of H-pyrrole nitrogens is 1. The van der Waals surface area contributed by atoms with Crippen LogP contribution in [0.4, 0.5) is 0 Å². The summed E-state index contributed by atoms with van der Waals surface area (Å²) in [4.78, 5) is 17.1. The first-order valence-electron chi connectivity index (χ1n) is 4.63. The number of pyridine rings is 1. The summed E-state index contributed by atoms with van der Waals surface area (Å²) in [6.45, 7) is 0.130. The van der Waals surface area contributed by atoms with Gasteiger partial charge in [0.25, 0.3) is 0 Å². The Balaban J connectivity index is 2.14. The van der Waals surface area contributed by atoms with Crippen molar-refractivity contribution < 1.29 is 8.42 Å². The molecule has 0 spiro atoms. The van der Waals surface area contributed by atoms with Crippen LogP contribution >= 0.6 is 11.3 Å². The number of thiazole rings is 1. The van der Waals surface area contributed by atoms with Gasteiger partial charge in [-0.1, -0.05) is 0 Å². The molecule has 0 aliphatic carbocycles. The molecule has 0 aliphatic heterocycles. The number of aromatic nitrogens is 2. The highest BCUT2D eigenvalue weighted by atomic mass is 32.2. The fourth-order valence-corrected chi connectivity index (χ4v) is 2.66. The molecule has 0 amide bonds. The molecule has 17 heavy (non-hydrogen) atoms. The van der Waals surface area contributed by atoms with Gasteiger partial charge in [0.2, 0.25) is 15.6 Å². The van der Waals surface area contributed by atoms with Crippen LogP contribution in [0.15, 0.2) is 38.9 Å². The van der Waals surface area contributed by atoms with Crippen molar-refractivity contribution in [2.24, 2.45) is 0 Å². The average Bonchev–Trinajstić information content (AvgIpc) is 2.80. The van der Waals surface area contributed by atoms with E-state index < -0.39 is 10.0 Å². The van der Waals surface area contributed by atoms with Gasteiger partial charge in [0.05, 0.1) is 22.6 Å². The summed E-state index contributed by atoms with van der Waals surface area (Å²) in [5, 5.41) is 1.76. The van der Waals surface area contributed by atoms with Crippen molar-refractivity contribution in [1.82, 2.24) is 14.7 Å². The van der Waals surface area contributed by atoms with Crippen molar-refractivity contribution in [3.8, 4) is 0 Å². The van der Waals surface area contributed by atoms with Gasteiger partial charge in [0.1, 0.15) is 0 Å². The molecule has 2 N–H and O–H groups in total. The number of nitrogens with zero attached hydrogens (tertiary/aromatic N) is 1. The first-order chi connectivity index (χ1) is 8.08. The van der Waals surface area contributed by atoms with E-state index in [0.717, 1.165) is 12.3 Å². The van der Waals surface area contributed by atoms with E-state index in [0.29, 0.717) is 5.69 Å². The number of nitrogens with one attached hydrogen (secondary N) is 2. The molecule has 8 heteroatoms. The van der Waals surface area contributed by atoms with Crippen molar-refractivity contribution in [1.29, 1.82) is 0 Å². The lowest BCUT2D eigenvalue weighted by molar-refractivity contribution is 0.580. The van der Waals surface area contributed by atoms with E-state index in [1.54, 1.807) is 10.9 Å². The van der Waals surface area contributed by atoms with Crippen molar-refractivity contribution in [3.63, 3.8) is 0 Å². The maximum Gasteiger partial charge on any atom is 0.247 e. The molecule has 0 radical (unpaired) electrons. The summed E-state index contributed by atoms with van der Waals surface area (Å²) in [7, 11) is -3.61. The maximum atomic E-state index is 11.8. The van der Waals surface area contributed by atoms with Gasteiger partial charge in [-0.25, -0.2) is 18.1 Å². The molecule has 0 aliphatic rings. The molecule has 0 aromatic carbocycles. The monoisotopic (exact) mass is 271 g/mol. The molecule has 0 unspecified atom stereocenters. The lowest BCUT2D eigenvalue weighted by Gasteiger charge is -2.04. The van der Waals surface area contributed by atoms with Crippen LogP contribution in [0.25, 0.3) is 0 Å². The SMILES string of the molecule is O=c1ccc(S(=O)(=O)NCc2cscn2)c[nH]1. The zero-order valence-corrected chi connectivity index (χ0v) is 10.2. The molecule has 90 valence electrons. The number of aromatic amines is 1. The Kier molecular flexibility index (Phi) is 3.36. The largest absolute Gasteiger partial charge is 0.328 e. The zero-order chi connectivity index (χ0) is 12.3. The van der Waals surface area contributed by atoms with Crippen LogP contribution in [0, 0.1) is 0 Å². The second kappa shape index (κ2) is 4.78. The van der Waals surface area contributed by atoms with Crippen LogP contribution < -0.4 is 10.3 Å². The van der Waals surface area contributed by atoms with Crippen LogP contribution in [0.3, 0.4) is 0 Å². The van der Waals surface area contributed by atoms with Gasteiger partial charge in [0, 0.05) is 17.6 Å². The quantitative estimate of drug-likeness (QED) is 0.837. The maximum absolute atomic E-state index is 11.8. The molecule has 0 fully saturated rings. The first-order valence-corrected chi connectivity index (χ1v) is 7.06. The smallest absolute Gasteiger partial charge is 0.247 e. The molecular formula is C9H9N3O3S2. The summed E-state index contributed by atoms with van der Waals surface area (Å²) in [5.41, 5.74) is 1.94. The third-order valence-corrected chi connectivity index (χ3v) is 4.03. The molecule has 2 rings (SSSR count). The van der Waals surface area contributed by atoms with E-state index in [4.69, 9.17) is 0 Å². The summed E-state index contributed by atoms with van der Waals surface area (Å²) in [6, 6.07) is 2.42. The van der Waals surface area contributed by atoms with Crippen molar-refractivity contribution in [3.05, 3.63) is 45.3 Å². The summed E-state index contributed by atoms with van der Waals surface area (Å²) in [5.74, 6) is 0. The molecule has 2 heterocycles. The topological polar surface area (TPSA) is 91.9 Å². The molecular weight excluding hydrogens is 262 g/mol. The normalized spacial score (nSPS) is 11.5. The van der Waals surface area contributed by atoms with Gasteiger partial charge in [0.15, 0.2) is 0 Å². The third kappa shape index (κ3) is 2.99. The van der Waals surface area contributed by atoms with Crippen LogP contribution in [0.5, 0.6) is 0 Å². The predicted molar refractivity (Wildman–Crippen MR) is 63.2 cm³/mol. The Morgan fingerprint density at radius 1 is 1.41 bits per heavy atom. The molecule has 2 aromatic rings. The van der Waals surface area contributed by atoms with Crippen LogP contribution in [-0.4, -0.2) is 18.4 Å². The molecule has 6 nitrogen and oxygen atoms in total. The van der Waals surface area contributed by atoms with Crippen molar-refractivity contribution >= 4 is 21.4 Å². The van der Waals surface area contributed by atoms with Crippen molar-refractivity contribution in [2.75, 3.05) is 0 Å². The molecule has 0 saturated heterocycles. The van der Waals surface area contributed by atoms with E-state index in [1.165, 1.54) is 17.4 Å². The molecule has 0 atom stereocenters. The van der Waals surface area contributed by atoms with Crippen molar-refractivity contribution in [2.45, 2.75) is 11.4 Å². The van der Waals surface area contributed by atoms with E-state index >= 15 is 0 Å². The van der Waals surface area contributed by atoms with Gasteiger partial charge in [-0.3, -0.25) is 4.79 Å². The van der Waals surface area contributed by atoms with Crippen LogP contribution in [0.2, 0.25) is 0 Å². The highest BCUT2D eigenvalue weighted by Gasteiger charge is 2.13. The summed E-state index contributed by atoms with van der Waals surface area (Å²) in [6.07, 6.45) is 1.16. The van der Waals surface area contributed by atoms with E-state index in [1.807, 2.05) is 0 Å². The Bertz CT molecular complexity index is 626. The Morgan fingerprint density at radius 3 is 2.82 bits per heavy atom. The van der Waals surface area contributed by atoms with E-state index in [9.17, 15) is 13.2 Å². The minimum atomic E-state index is -3.61. The number of rotatable bonds is 4. The van der Waals surface area contributed by atoms with Gasteiger partial charge in [-0.15, -0.1) is 11.3 Å². The zero-order valence-electron chi connectivity index (χ0n) is 8.58. The number of hydrogen-bond donors (Lipinski definition) is 2. The van der Waals surface area contributed by atoms with Crippen LogP contribution in [-0.2, 0) is 16.6 Å². The van der Waals surface area contributed by atoms with Gasteiger partial charge in [-0.2, -0.15) is 0 Å². The van der Waals surface area contributed by atoms with Gasteiger partial charge >= 0.3 is 0 Å². The molecule has 2 aromatic heterocycles. The first kappa shape index (κ1) is 12.0. The summed E-state index contributed by atoms with van der Waals surface area (Å²) < 4.78 is 26.0. The highest BCUT2D eigenvalue weighted by molar-refractivity contribution is 7.89. The Morgan fingerprint density at radius 2 is 2.24 bits per heavy atom. The van der Waals surface area contributed by atoms with Gasteiger partial charge < -0.3 is 4.98 Å². The molecule has 0 saturated carbocycles. The fourth-order valence-electron chi connectivity index (χ4n) is 1.14. The molecule has 0 bridgehead atoms. The fraction of sp³-hybridized carbons (Fsp3) is 0.111. The lowest BCUT2D eigenvalue weighted by atomic mass is 10.5.